The number of rotatable bonds is 3. The first-order valence-electron chi connectivity index (χ1n) is 3.91. The summed E-state index contributed by atoms with van der Waals surface area (Å²) in [5.41, 5.74) is 0.119. The molecule has 4 nitrogen and oxygen atoms in total. The average Bonchev–Trinajstić information content (AvgIpc) is 2.11. The van der Waals surface area contributed by atoms with E-state index in [2.05, 4.69) is 0 Å². The van der Waals surface area contributed by atoms with E-state index < -0.39 is 17.5 Å². The highest BCUT2D eigenvalue weighted by atomic mass is 35.5. The van der Waals surface area contributed by atoms with Crippen LogP contribution in [0, 0.1) is 0 Å². The number of aromatic carboxylic acids is 1. The number of hydrogen-bond donors (Lipinski definition) is 3. The van der Waals surface area contributed by atoms with Crippen LogP contribution in [0.15, 0.2) is 12.1 Å². The number of carboxylic acid groups (broad SMARTS) is 1. The molecule has 0 spiro atoms. The summed E-state index contributed by atoms with van der Waals surface area (Å²) in [6.45, 7) is 0. The predicted octanol–water partition coefficient (Wildman–Crippen LogP) is 1.58. The number of carbonyl (C=O) groups is 1. The average molecular weight is 217 g/mol. The second-order valence-corrected chi connectivity index (χ2v) is 3.09. The molecule has 3 N–H and O–H groups in total. The van der Waals surface area contributed by atoms with Gasteiger partial charge in [-0.25, -0.2) is 4.79 Å². The van der Waals surface area contributed by atoms with Gasteiger partial charge in [0.25, 0.3) is 0 Å². The smallest absolute Gasteiger partial charge is 0.339 e. The number of alkyl halides is 1. The molecule has 1 aromatic rings. The van der Waals surface area contributed by atoms with Gasteiger partial charge in [-0.3, -0.25) is 0 Å². The van der Waals surface area contributed by atoms with Crippen molar-refractivity contribution in [2.75, 3.05) is 5.88 Å². The Bertz CT molecular complexity index is 362. The highest BCUT2D eigenvalue weighted by Crippen LogP contribution is 2.31. The van der Waals surface area contributed by atoms with Crippen LogP contribution < -0.4 is 0 Å². The Morgan fingerprint density at radius 1 is 1.36 bits per heavy atom. The summed E-state index contributed by atoms with van der Waals surface area (Å²) in [6, 6.07) is 2.67. The summed E-state index contributed by atoms with van der Waals surface area (Å²) < 4.78 is 0. The molecule has 0 saturated carbocycles. The molecule has 1 rings (SSSR count). The van der Waals surface area contributed by atoms with Gasteiger partial charge in [0, 0.05) is 5.88 Å². The molecule has 0 bridgehead atoms. The lowest BCUT2D eigenvalue weighted by atomic mass is 10.0. The molecule has 0 aliphatic heterocycles. The van der Waals surface area contributed by atoms with Crippen LogP contribution in [0.1, 0.15) is 15.9 Å². The van der Waals surface area contributed by atoms with E-state index >= 15 is 0 Å². The number of benzene rings is 1. The number of phenolic OH excluding ortho intramolecular Hbond substituents is 1. The molecule has 0 aromatic heterocycles. The Balaban J connectivity index is 3.30. The maximum atomic E-state index is 10.8. The SMILES string of the molecule is O=C(O)c1c(CCCl)ccc(O)c1O. The Morgan fingerprint density at radius 3 is 2.50 bits per heavy atom. The zero-order valence-electron chi connectivity index (χ0n) is 7.20. The van der Waals surface area contributed by atoms with Gasteiger partial charge in [0.05, 0.1) is 0 Å². The van der Waals surface area contributed by atoms with Gasteiger partial charge in [0.15, 0.2) is 11.5 Å². The maximum absolute atomic E-state index is 10.8. The summed E-state index contributed by atoms with van der Waals surface area (Å²) in [5, 5.41) is 27.2. The van der Waals surface area contributed by atoms with Crippen LogP contribution in [0.2, 0.25) is 0 Å². The number of aromatic hydroxyl groups is 2. The number of halogens is 1. The quantitative estimate of drug-likeness (QED) is 0.530. The second kappa shape index (κ2) is 4.19. The van der Waals surface area contributed by atoms with E-state index in [1.807, 2.05) is 0 Å². The molecule has 0 radical (unpaired) electrons. The van der Waals surface area contributed by atoms with E-state index in [9.17, 15) is 9.90 Å². The lowest BCUT2D eigenvalue weighted by molar-refractivity contribution is 0.0691. The summed E-state index contributed by atoms with van der Waals surface area (Å²) in [4.78, 5) is 10.8. The third-order valence-electron chi connectivity index (χ3n) is 1.82. The number of aryl methyl sites for hydroxylation is 1. The highest BCUT2D eigenvalue weighted by Gasteiger charge is 2.17. The van der Waals surface area contributed by atoms with Crippen molar-refractivity contribution in [3.8, 4) is 11.5 Å². The molecule has 5 heteroatoms. The molecule has 14 heavy (non-hydrogen) atoms. The van der Waals surface area contributed by atoms with E-state index in [1.165, 1.54) is 12.1 Å². The normalized spacial score (nSPS) is 10.1. The van der Waals surface area contributed by atoms with Gasteiger partial charge in [0.2, 0.25) is 0 Å². The fourth-order valence-corrected chi connectivity index (χ4v) is 1.37. The van der Waals surface area contributed by atoms with Gasteiger partial charge in [-0.05, 0) is 18.1 Å². The van der Waals surface area contributed by atoms with Gasteiger partial charge >= 0.3 is 5.97 Å². The van der Waals surface area contributed by atoms with E-state index in [-0.39, 0.29) is 11.4 Å². The van der Waals surface area contributed by atoms with Crippen molar-refractivity contribution in [3.05, 3.63) is 23.3 Å². The highest BCUT2D eigenvalue weighted by molar-refractivity contribution is 6.18. The second-order valence-electron chi connectivity index (χ2n) is 2.71. The van der Waals surface area contributed by atoms with Crippen molar-refractivity contribution in [3.63, 3.8) is 0 Å². The first-order chi connectivity index (χ1) is 6.57. The largest absolute Gasteiger partial charge is 0.504 e. The molecule has 0 atom stereocenters. The molecule has 0 amide bonds. The molecule has 1 aromatic carbocycles. The third kappa shape index (κ3) is 1.90. The van der Waals surface area contributed by atoms with Crippen molar-refractivity contribution < 1.29 is 20.1 Å². The minimum atomic E-state index is -1.28. The van der Waals surface area contributed by atoms with Crippen LogP contribution in [0.4, 0.5) is 0 Å². The zero-order chi connectivity index (χ0) is 10.7. The molecule has 0 fully saturated rings. The number of hydrogen-bond acceptors (Lipinski definition) is 3. The first-order valence-corrected chi connectivity index (χ1v) is 4.44. The fourth-order valence-electron chi connectivity index (χ4n) is 1.17. The molecule has 0 aliphatic carbocycles. The van der Waals surface area contributed by atoms with Crippen molar-refractivity contribution in [2.24, 2.45) is 0 Å². The van der Waals surface area contributed by atoms with E-state index in [4.69, 9.17) is 21.8 Å². The van der Waals surface area contributed by atoms with Crippen LogP contribution in [0.3, 0.4) is 0 Å². The maximum Gasteiger partial charge on any atom is 0.339 e. The van der Waals surface area contributed by atoms with Crippen molar-refractivity contribution >= 4 is 17.6 Å². The van der Waals surface area contributed by atoms with Crippen LogP contribution in [0.5, 0.6) is 11.5 Å². The summed E-state index contributed by atoms with van der Waals surface area (Å²) in [5.74, 6) is -2.08. The minimum absolute atomic E-state index is 0.254. The Kier molecular flexibility index (Phi) is 3.19. The topological polar surface area (TPSA) is 77.8 Å². The standard InChI is InChI=1S/C9H9ClO4/c10-4-3-5-1-2-6(11)8(12)7(5)9(13)14/h1-2,11-12H,3-4H2,(H,13,14). The zero-order valence-corrected chi connectivity index (χ0v) is 7.95. The molecular formula is C9H9ClO4. The van der Waals surface area contributed by atoms with Crippen LogP contribution in [-0.4, -0.2) is 27.2 Å². The molecular weight excluding hydrogens is 208 g/mol. The monoisotopic (exact) mass is 216 g/mol. The molecule has 76 valence electrons. The Morgan fingerprint density at radius 2 is 2.00 bits per heavy atom. The van der Waals surface area contributed by atoms with Crippen LogP contribution in [-0.2, 0) is 6.42 Å². The minimum Gasteiger partial charge on any atom is -0.504 e. The van der Waals surface area contributed by atoms with Gasteiger partial charge in [-0.1, -0.05) is 6.07 Å². The third-order valence-corrected chi connectivity index (χ3v) is 2.01. The van der Waals surface area contributed by atoms with Gasteiger partial charge in [-0.2, -0.15) is 0 Å². The van der Waals surface area contributed by atoms with Crippen LogP contribution >= 0.6 is 11.6 Å². The molecule has 0 heterocycles. The first kappa shape index (κ1) is 10.7. The van der Waals surface area contributed by atoms with E-state index in [0.717, 1.165) is 0 Å². The molecule has 0 unspecified atom stereocenters. The summed E-state index contributed by atoms with van der Waals surface area (Å²) in [7, 11) is 0. The lowest BCUT2D eigenvalue weighted by Gasteiger charge is -2.07. The summed E-state index contributed by atoms with van der Waals surface area (Å²) >= 11 is 5.47. The number of phenols is 2. The molecule has 0 aliphatic rings. The number of carboxylic acids is 1. The predicted molar refractivity (Wildman–Crippen MR) is 51.2 cm³/mol. The van der Waals surface area contributed by atoms with Crippen molar-refractivity contribution in [2.45, 2.75) is 6.42 Å². The lowest BCUT2D eigenvalue weighted by Crippen LogP contribution is -2.03. The van der Waals surface area contributed by atoms with E-state index in [1.54, 1.807) is 0 Å². The van der Waals surface area contributed by atoms with Crippen LogP contribution in [0.25, 0.3) is 0 Å². The molecule has 0 saturated heterocycles. The Labute approximate surface area is 85.4 Å². The van der Waals surface area contributed by atoms with Gasteiger partial charge in [-0.15, -0.1) is 11.6 Å². The van der Waals surface area contributed by atoms with Gasteiger partial charge < -0.3 is 15.3 Å². The summed E-state index contributed by atoms with van der Waals surface area (Å²) in [6.07, 6.45) is 0.330. The van der Waals surface area contributed by atoms with Gasteiger partial charge in [0.1, 0.15) is 5.56 Å². The van der Waals surface area contributed by atoms with E-state index in [0.29, 0.717) is 12.0 Å². The Hall–Kier alpha value is -1.42. The van der Waals surface area contributed by atoms with Crippen molar-refractivity contribution in [1.29, 1.82) is 0 Å². The van der Waals surface area contributed by atoms with Crippen molar-refractivity contribution in [1.82, 2.24) is 0 Å². The fraction of sp³-hybridized carbons (Fsp3) is 0.222.